The molecule has 1 aromatic carbocycles. The lowest BCUT2D eigenvalue weighted by molar-refractivity contribution is 0.0482. The summed E-state index contributed by atoms with van der Waals surface area (Å²) in [4.78, 5) is 11.7. The third-order valence-corrected chi connectivity index (χ3v) is 2.78. The second kappa shape index (κ2) is 4.99. The SMILES string of the molecule is CC(C)(C)OC(=O)NC1COc2cccc(N)c2C1. The molecule has 1 amide bonds. The molecule has 0 aromatic heterocycles. The minimum absolute atomic E-state index is 0.118. The maximum atomic E-state index is 11.7. The van der Waals surface area contributed by atoms with E-state index in [1.807, 2.05) is 39.0 Å². The van der Waals surface area contributed by atoms with Gasteiger partial charge in [0.05, 0.1) is 6.04 Å². The van der Waals surface area contributed by atoms with Crippen molar-refractivity contribution in [1.29, 1.82) is 0 Å². The predicted molar refractivity (Wildman–Crippen MR) is 73.2 cm³/mol. The van der Waals surface area contributed by atoms with Crippen LogP contribution in [0.3, 0.4) is 0 Å². The van der Waals surface area contributed by atoms with Crippen molar-refractivity contribution in [2.75, 3.05) is 12.3 Å². The molecule has 0 saturated heterocycles. The standard InChI is InChI=1S/C14H20N2O3/c1-14(2,3)19-13(17)16-9-7-10-11(15)5-4-6-12(10)18-8-9/h4-6,9H,7-8,15H2,1-3H3,(H,16,17). The number of fused-ring (bicyclic) bond motifs is 1. The molecule has 104 valence electrons. The number of nitrogens with one attached hydrogen (secondary N) is 1. The van der Waals surface area contributed by atoms with Gasteiger partial charge in [0.1, 0.15) is 18.0 Å². The third-order valence-electron chi connectivity index (χ3n) is 2.78. The molecule has 0 radical (unpaired) electrons. The molecule has 0 fully saturated rings. The number of anilines is 1. The van der Waals surface area contributed by atoms with E-state index in [0.29, 0.717) is 18.7 Å². The second-order valence-corrected chi connectivity index (χ2v) is 5.68. The van der Waals surface area contributed by atoms with Crippen LogP contribution in [-0.4, -0.2) is 24.3 Å². The van der Waals surface area contributed by atoms with Crippen molar-refractivity contribution in [2.24, 2.45) is 0 Å². The number of benzene rings is 1. The van der Waals surface area contributed by atoms with Crippen LogP contribution < -0.4 is 15.8 Å². The number of carbonyl (C=O) groups is 1. The maximum absolute atomic E-state index is 11.7. The molecule has 0 spiro atoms. The number of hydrogen-bond donors (Lipinski definition) is 2. The Hall–Kier alpha value is -1.91. The first-order chi connectivity index (χ1) is 8.85. The normalized spacial score (nSPS) is 18.2. The number of carbonyl (C=O) groups excluding carboxylic acids is 1. The van der Waals surface area contributed by atoms with Gasteiger partial charge in [-0.3, -0.25) is 0 Å². The summed E-state index contributed by atoms with van der Waals surface area (Å²) in [5.41, 5.74) is 7.04. The van der Waals surface area contributed by atoms with E-state index in [1.54, 1.807) is 0 Å². The molecule has 1 aliphatic heterocycles. The zero-order chi connectivity index (χ0) is 14.0. The van der Waals surface area contributed by atoms with Crippen molar-refractivity contribution in [1.82, 2.24) is 5.32 Å². The van der Waals surface area contributed by atoms with E-state index < -0.39 is 11.7 Å². The molecule has 19 heavy (non-hydrogen) atoms. The van der Waals surface area contributed by atoms with Gasteiger partial charge in [-0.15, -0.1) is 0 Å². The van der Waals surface area contributed by atoms with E-state index in [4.69, 9.17) is 15.2 Å². The van der Waals surface area contributed by atoms with Gasteiger partial charge in [-0.25, -0.2) is 4.79 Å². The molecule has 1 heterocycles. The van der Waals surface area contributed by atoms with Crippen LogP contribution in [0.15, 0.2) is 18.2 Å². The van der Waals surface area contributed by atoms with Gasteiger partial charge in [-0.2, -0.15) is 0 Å². The first-order valence-corrected chi connectivity index (χ1v) is 6.35. The summed E-state index contributed by atoms with van der Waals surface area (Å²) >= 11 is 0. The fourth-order valence-electron chi connectivity index (χ4n) is 2.00. The monoisotopic (exact) mass is 264 g/mol. The number of rotatable bonds is 1. The Labute approximate surface area is 113 Å². The van der Waals surface area contributed by atoms with E-state index in [0.717, 1.165) is 11.3 Å². The van der Waals surface area contributed by atoms with Crippen LogP contribution >= 0.6 is 0 Å². The summed E-state index contributed by atoms with van der Waals surface area (Å²) in [7, 11) is 0. The molecule has 1 unspecified atom stereocenters. The van der Waals surface area contributed by atoms with Crippen LogP contribution in [0.2, 0.25) is 0 Å². The first-order valence-electron chi connectivity index (χ1n) is 6.35. The van der Waals surface area contributed by atoms with Crippen molar-refractivity contribution in [3.63, 3.8) is 0 Å². The van der Waals surface area contributed by atoms with Crippen molar-refractivity contribution >= 4 is 11.8 Å². The number of alkyl carbamates (subject to hydrolysis) is 1. The van der Waals surface area contributed by atoms with Gasteiger partial charge in [-0.05, 0) is 32.9 Å². The Morgan fingerprint density at radius 3 is 2.89 bits per heavy atom. The van der Waals surface area contributed by atoms with Crippen LogP contribution in [0.5, 0.6) is 5.75 Å². The van der Waals surface area contributed by atoms with E-state index in [2.05, 4.69) is 5.32 Å². The van der Waals surface area contributed by atoms with Crippen molar-refractivity contribution < 1.29 is 14.3 Å². The van der Waals surface area contributed by atoms with Crippen molar-refractivity contribution in [3.05, 3.63) is 23.8 Å². The molecular weight excluding hydrogens is 244 g/mol. The predicted octanol–water partition coefficient (Wildman–Crippen LogP) is 2.10. The molecule has 0 saturated carbocycles. The first kappa shape index (κ1) is 13.5. The lowest BCUT2D eigenvalue weighted by Crippen LogP contribution is -2.45. The van der Waals surface area contributed by atoms with Crippen LogP contribution in [0.1, 0.15) is 26.3 Å². The summed E-state index contributed by atoms with van der Waals surface area (Å²) in [6.45, 7) is 5.92. The van der Waals surface area contributed by atoms with Gasteiger partial charge in [0.2, 0.25) is 0 Å². The molecule has 0 bridgehead atoms. The Kier molecular flexibility index (Phi) is 3.55. The average molecular weight is 264 g/mol. The molecule has 1 atom stereocenters. The van der Waals surface area contributed by atoms with Crippen LogP contribution in [0.25, 0.3) is 0 Å². The zero-order valence-electron chi connectivity index (χ0n) is 11.5. The van der Waals surface area contributed by atoms with E-state index in [-0.39, 0.29) is 6.04 Å². The maximum Gasteiger partial charge on any atom is 0.408 e. The van der Waals surface area contributed by atoms with Crippen LogP contribution in [0.4, 0.5) is 10.5 Å². The highest BCUT2D eigenvalue weighted by Crippen LogP contribution is 2.29. The molecule has 0 aliphatic carbocycles. The Bertz CT molecular complexity index is 480. The summed E-state index contributed by atoms with van der Waals surface area (Å²) in [6.07, 6.45) is 0.223. The van der Waals surface area contributed by atoms with Gasteiger partial charge >= 0.3 is 6.09 Å². The quantitative estimate of drug-likeness (QED) is 0.762. The zero-order valence-corrected chi connectivity index (χ0v) is 11.5. The summed E-state index contributed by atoms with van der Waals surface area (Å²) in [5.74, 6) is 0.794. The summed E-state index contributed by atoms with van der Waals surface area (Å²) in [5, 5.41) is 2.80. The minimum Gasteiger partial charge on any atom is -0.491 e. The van der Waals surface area contributed by atoms with Gasteiger partial charge in [0.25, 0.3) is 0 Å². The highest BCUT2D eigenvalue weighted by atomic mass is 16.6. The van der Waals surface area contributed by atoms with E-state index in [1.165, 1.54) is 0 Å². The highest BCUT2D eigenvalue weighted by Gasteiger charge is 2.25. The Morgan fingerprint density at radius 1 is 1.47 bits per heavy atom. The summed E-state index contributed by atoms with van der Waals surface area (Å²) < 4.78 is 10.8. The molecule has 5 nitrogen and oxygen atoms in total. The molecular formula is C14H20N2O3. The lowest BCUT2D eigenvalue weighted by Gasteiger charge is -2.28. The molecule has 3 N–H and O–H groups in total. The summed E-state index contributed by atoms with van der Waals surface area (Å²) in [6, 6.07) is 5.45. The third kappa shape index (κ3) is 3.53. The van der Waals surface area contributed by atoms with Gasteiger partial charge in [0, 0.05) is 17.7 Å². The molecule has 5 heteroatoms. The number of nitrogens with two attached hydrogens (primary N) is 1. The fraction of sp³-hybridized carbons (Fsp3) is 0.500. The second-order valence-electron chi connectivity index (χ2n) is 5.68. The smallest absolute Gasteiger partial charge is 0.408 e. The minimum atomic E-state index is -0.503. The Morgan fingerprint density at radius 2 is 2.21 bits per heavy atom. The van der Waals surface area contributed by atoms with Crippen molar-refractivity contribution in [3.8, 4) is 5.75 Å². The van der Waals surface area contributed by atoms with E-state index >= 15 is 0 Å². The van der Waals surface area contributed by atoms with Crippen molar-refractivity contribution in [2.45, 2.75) is 38.8 Å². The number of amides is 1. The van der Waals surface area contributed by atoms with Gasteiger partial charge in [-0.1, -0.05) is 6.07 Å². The lowest BCUT2D eigenvalue weighted by atomic mass is 10.0. The number of nitrogen functional groups attached to an aromatic ring is 1. The molecule has 2 rings (SSSR count). The largest absolute Gasteiger partial charge is 0.491 e. The average Bonchev–Trinajstić information content (AvgIpc) is 2.27. The molecule has 1 aromatic rings. The topological polar surface area (TPSA) is 73.6 Å². The van der Waals surface area contributed by atoms with E-state index in [9.17, 15) is 4.79 Å². The fourth-order valence-corrected chi connectivity index (χ4v) is 2.00. The van der Waals surface area contributed by atoms with Crippen LogP contribution in [0, 0.1) is 0 Å². The van der Waals surface area contributed by atoms with Gasteiger partial charge < -0.3 is 20.5 Å². The highest BCUT2D eigenvalue weighted by molar-refractivity contribution is 5.68. The number of ether oxygens (including phenoxy) is 2. The van der Waals surface area contributed by atoms with Gasteiger partial charge in [0.15, 0.2) is 0 Å². The van der Waals surface area contributed by atoms with Crippen LogP contribution in [-0.2, 0) is 11.2 Å². The Balaban J connectivity index is 1.99. The number of hydrogen-bond acceptors (Lipinski definition) is 4. The molecule has 1 aliphatic rings.